The fourth-order valence-electron chi connectivity index (χ4n) is 4.03. The lowest BCUT2D eigenvalue weighted by atomic mass is 9.80. The Hall–Kier alpha value is -4.22. The summed E-state index contributed by atoms with van der Waals surface area (Å²) in [7, 11) is 0. The smallest absolute Gasteiger partial charge is 0.372 e. The van der Waals surface area contributed by atoms with Crippen molar-refractivity contribution in [1.29, 1.82) is 5.26 Å². The Labute approximate surface area is 206 Å². The second-order valence-corrected chi connectivity index (χ2v) is 8.23. The van der Waals surface area contributed by atoms with Gasteiger partial charge in [-0.05, 0) is 59.7 Å². The van der Waals surface area contributed by atoms with Gasteiger partial charge < -0.3 is 5.32 Å². The van der Waals surface area contributed by atoms with Gasteiger partial charge in [0.25, 0.3) is 0 Å². The molecule has 0 aliphatic rings. The number of hydrogen-bond acceptors (Lipinski definition) is 4. The van der Waals surface area contributed by atoms with Crippen molar-refractivity contribution in [3.8, 4) is 6.07 Å². The number of alkyl halides is 3. The minimum Gasteiger partial charge on any atom is -0.372 e. The van der Waals surface area contributed by atoms with Crippen LogP contribution in [-0.2, 0) is 18.1 Å². The highest BCUT2D eigenvalue weighted by Crippen LogP contribution is 2.35. The van der Waals surface area contributed by atoms with Gasteiger partial charge in [-0.3, -0.25) is 10.3 Å². The lowest BCUT2D eigenvalue weighted by Crippen LogP contribution is -2.48. The van der Waals surface area contributed by atoms with Gasteiger partial charge >= 0.3 is 6.18 Å². The fourth-order valence-corrected chi connectivity index (χ4v) is 4.03. The van der Waals surface area contributed by atoms with Gasteiger partial charge in [-0.2, -0.15) is 18.4 Å². The van der Waals surface area contributed by atoms with Crippen molar-refractivity contribution < 1.29 is 17.6 Å². The summed E-state index contributed by atoms with van der Waals surface area (Å²) in [6.45, 7) is 0.179. The predicted octanol–water partition coefficient (Wildman–Crippen LogP) is 6.26. The lowest BCUT2D eigenvalue weighted by molar-refractivity contribution is -0.137. The van der Waals surface area contributed by atoms with E-state index < -0.39 is 23.1 Å². The second kappa shape index (κ2) is 10.6. The summed E-state index contributed by atoms with van der Waals surface area (Å²) in [4.78, 5) is 4.20. The summed E-state index contributed by atoms with van der Waals surface area (Å²) in [5.74, 6) is -0.473. The number of hydrogen-bond donors (Lipinski definition) is 2. The van der Waals surface area contributed by atoms with E-state index in [4.69, 9.17) is 5.26 Å². The van der Waals surface area contributed by atoms with Crippen molar-refractivity contribution in [2.75, 3.05) is 12.0 Å². The van der Waals surface area contributed by atoms with Crippen LogP contribution in [0, 0.1) is 17.1 Å². The van der Waals surface area contributed by atoms with Gasteiger partial charge in [0.05, 0.1) is 35.1 Å². The van der Waals surface area contributed by atoms with Crippen LogP contribution in [0.3, 0.4) is 0 Å². The molecule has 0 spiro atoms. The number of rotatable bonds is 8. The van der Waals surface area contributed by atoms with Crippen LogP contribution in [0.25, 0.3) is 0 Å². The zero-order valence-electron chi connectivity index (χ0n) is 19.1. The third-order valence-electron chi connectivity index (χ3n) is 5.85. The minimum absolute atomic E-state index is 0.179. The summed E-state index contributed by atoms with van der Waals surface area (Å²) in [6, 6.07) is 26.5. The largest absolute Gasteiger partial charge is 0.417 e. The monoisotopic (exact) mass is 490 g/mol. The van der Waals surface area contributed by atoms with Crippen LogP contribution < -0.4 is 10.6 Å². The van der Waals surface area contributed by atoms with E-state index in [9.17, 15) is 17.6 Å². The molecule has 1 atom stereocenters. The third kappa shape index (κ3) is 5.70. The molecule has 0 aliphatic heterocycles. The van der Waals surface area contributed by atoms with Gasteiger partial charge in [-0.25, -0.2) is 4.39 Å². The van der Waals surface area contributed by atoms with Gasteiger partial charge in [0, 0.05) is 18.3 Å². The number of nitrogens with one attached hydrogen (secondary N) is 2. The van der Waals surface area contributed by atoms with Crippen molar-refractivity contribution in [2.24, 2.45) is 0 Å². The summed E-state index contributed by atoms with van der Waals surface area (Å²) in [6.07, 6.45) is -3.44. The van der Waals surface area contributed by atoms with Crippen molar-refractivity contribution in [1.82, 2.24) is 10.3 Å². The van der Waals surface area contributed by atoms with Crippen LogP contribution in [-0.4, -0.2) is 11.7 Å². The molecule has 4 nitrogen and oxygen atoms in total. The Balaban J connectivity index is 1.76. The van der Waals surface area contributed by atoms with Crippen molar-refractivity contribution in [3.05, 3.63) is 131 Å². The Morgan fingerprint density at radius 3 is 2.19 bits per heavy atom. The molecule has 3 aromatic carbocycles. The maximum absolute atomic E-state index is 14.4. The number of anilines is 1. The van der Waals surface area contributed by atoms with Crippen LogP contribution in [0.2, 0.25) is 0 Å². The maximum Gasteiger partial charge on any atom is 0.417 e. The first-order valence-electron chi connectivity index (χ1n) is 11.1. The van der Waals surface area contributed by atoms with Crippen LogP contribution >= 0.6 is 0 Å². The van der Waals surface area contributed by atoms with E-state index in [0.717, 1.165) is 23.5 Å². The average Bonchev–Trinajstić information content (AvgIpc) is 2.88. The lowest BCUT2D eigenvalue weighted by Gasteiger charge is -2.36. The molecule has 4 aromatic rings. The molecule has 0 amide bonds. The normalized spacial score (nSPS) is 13.0. The third-order valence-corrected chi connectivity index (χ3v) is 5.85. The summed E-state index contributed by atoms with van der Waals surface area (Å²) < 4.78 is 54.1. The van der Waals surface area contributed by atoms with Gasteiger partial charge in [0.15, 0.2) is 0 Å². The number of nitrogens with zero attached hydrogens (tertiary/aromatic N) is 2. The predicted molar refractivity (Wildman–Crippen MR) is 129 cm³/mol. The first-order valence-corrected chi connectivity index (χ1v) is 11.1. The molecule has 4 rings (SSSR count). The quantitative estimate of drug-likeness (QED) is 0.226. The summed E-state index contributed by atoms with van der Waals surface area (Å²) in [5, 5.41) is 15.6. The number of benzene rings is 3. The standard InChI is InChI=1S/C28H22F4N4/c29-24-8-4-7-22(15-24)27(16-20-5-2-1-3-6-20,26-14-11-23(18-34-26)28(30,31)32)36-19-35-25-12-9-21(17-33)10-13-25/h1-15,18,35-36H,16,19H2. The SMILES string of the molecule is N#Cc1ccc(NCNC(Cc2ccccc2)(c2cccc(F)c2)c2ccc(C(F)(F)F)cn2)cc1. The molecule has 0 fully saturated rings. The molecule has 8 heteroatoms. The molecular formula is C28H22F4N4. The minimum atomic E-state index is -4.53. The van der Waals surface area contributed by atoms with E-state index in [1.165, 1.54) is 18.2 Å². The highest BCUT2D eigenvalue weighted by molar-refractivity contribution is 5.47. The highest BCUT2D eigenvalue weighted by Gasteiger charge is 2.37. The number of halogens is 4. The topological polar surface area (TPSA) is 60.7 Å². The summed E-state index contributed by atoms with van der Waals surface area (Å²) >= 11 is 0. The van der Waals surface area contributed by atoms with Crippen LogP contribution in [0.1, 0.15) is 27.9 Å². The van der Waals surface area contributed by atoms with Crippen molar-refractivity contribution in [2.45, 2.75) is 18.1 Å². The molecule has 0 aliphatic carbocycles. The molecule has 36 heavy (non-hydrogen) atoms. The number of aromatic nitrogens is 1. The first kappa shape index (κ1) is 24.9. The fraction of sp³-hybridized carbons (Fsp3) is 0.143. The average molecular weight is 491 g/mol. The van der Waals surface area contributed by atoms with Crippen molar-refractivity contribution >= 4 is 5.69 Å². The Kier molecular flexibility index (Phi) is 7.32. The van der Waals surface area contributed by atoms with Gasteiger partial charge in [0.2, 0.25) is 0 Å². The Morgan fingerprint density at radius 2 is 1.58 bits per heavy atom. The Morgan fingerprint density at radius 1 is 0.833 bits per heavy atom. The molecule has 0 radical (unpaired) electrons. The Bertz CT molecular complexity index is 1330. The van der Waals surface area contributed by atoms with E-state index in [1.807, 2.05) is 30.3 Å². The van der Waals surface area contributed by atoms with E-state index in [1.54, 1.807) is 36.4 Å². The zero-order chi connectivity index (χ0) is 25.6. The molecule has 1 aromatic heterocycles. The molecule has 0 saturated carbocycles. The molecule has 1 unspecified atom stereocenters. The van der Waals surface area contributed by atoms with Crippen LogP contribution in [0.5, 0.6) is 0 Å². The first-order chi connectivity index (χ1) is 17.3. The molecule has 0 saturated heterocycles. The number of pyridine rings is 1. The van der Waals surface area contributed by atoms with E-state index in [0.29, 0.717) is 23.2 Å². The van der Waals surface area contributed by atoms with Gasteiger partial charge in [0.1, 0.15) is 5.82 Å². The number of nitriles is 1. The maximum atomic E-state index is 14.4. The van der Waals surface area contributed by atoms with E-state index >= 15 is 0 Å². The van der Waals surface area contributed by atoms with E-state index in [2.05, 4.69) is 21.7 Å². The molecular weight excluding hydrogens is 468 g/mol. The molecule has 2 N–H and O–H groups in total. The van der Waals surface area contributed by atoms with Crippen LogP contribution in [0.15, 0.2) is 97.2 Å². The van der Waals surface area contributed by atoms with Crippen LogP contribution in [0.4, 0.5) is 23.2 Å². The van der Waals surface area contributed by atoms with Gasteiger partial charge in [-0.1, -0.05) is 42.5 Å². The van der Waals surface area contributed by atoms with E-state index in [-0.39, 0.29) is 6.67 Å². The van der Waals surface area contributed by atoms with Gasteiger partial charge in [-0.15, -0.1) is 0 Å². The molecule has 1 heterocycles. The second-order valence-electron chi connectivity index (χ2n) is 8.23. The zero-order valence-corrected chi connectivity index (χ0v) is 19.1. The van der Waals surface area contributed by atoms with Crippen molar-refractivity contribution in [3.63, 3.8) is 0 Å². The summed E-state index contributed by atoms with van der Waals surface area (Å²) in [5.41, 5.74) is 0.930. The molecule has 182 valence electrons. The highest BCUT2D eigenvalue weighted by atomic mass is 19.4. The molecule has 0 bridgehead atoms.